The summed E-state index contributed by atoms with van der Waals surface area (Å²) >= 11 is 0. The lowest BCUT2D eigenvalue weighted by Gasteiger charge is -2.30. The maximum atomic E-state index is 14.4. The van der Waals surface area contributed by atoms with E-state index in [4.69, 9.17) is 10.5 Å². The standard InChI is InChI=1S/C15H22FN3O3.ClH/c1-11(20)19(10-13(21)9-17)12-2-3-15(14(16)8-12)18-4-6-22-7-5-18;/h2-3,8,13,21H,4-7,9-10,17H2,1H3;1H/t13-;/m0./s1. The van der Waals surface area contributed by atoms with Gasteiger partial charge in [0.1, 0.15) is 5.82 Å². The normalized spacial score (nSPS) is 15.7. The van der Waals surface area contributed by atoms with Crippen LogP contribution in [0, 0.1) is 5.82 Å². The molecule has 6 nitrogen and oxygen atoms in total. The van der Waals surface area contributed by atoms with Crippen LogP contribution in [0.2, 0.25) is 0 Å². The Morgan fingerprint density at radius 1 is 1.48 bits per heavy atom. The van der Waals surface area contributed by atoms with Gasteiger partial charge in [0.25, 0.3) is 0 Å². The Bertz CT molecular complexity index is 527. The summed E-state index contributed by atoms with van der Waals surface area (Å²) in [6, 6.07) is 4.65. The van der Waals surface area contributed by atoms with Gasteiger partial charge in [-0.3, -0.25) is 4.79 Å². The van der Waals surface area contributed by atoms with Gasteiger partial charge in [-0.2, -0.15) is 0 Å². The van der Waals surface area contributed by atoms with Crippen molar-refractivity contribution in [1.29, 1.82) is 0 Å². The molecular weight excluding hydrogens is 325 g/mol. The Labute approximate surface area is 141 Å². The second kappa shape index (κ2) is 9.02. The summed E-state index contributed by atoms with van der Waals surface area (Å²) in [6.07, 6.45) is -0.842. The highest BCUT2D eigenvalue weighted by Crippen LogP contribution is 2.26. The number of anilines is 2. The molecule has 1 aliphatic heterocycles. The molecule has 0 spiro atoms. The second-order valence-corrected chi connectivity index (χ2v) is 5.25. The third-order valence-electron chi connectivity index (χ3n) is 3.64. The minimum absolute atomic E-state index is 0. The van der Waals surface area contributed by atoms with E-state index < -0.39 is 11.9 Å². The average Bonchev–Trinajstić information content (AvgIpc) is 2.52. The number of amides is 1. The van der Waals surface area contributed by atoms with Crippen molar-refractivity contribution >= 4 is 29.7 Å². The van der Waals surface area contributed by atoms with Crippen LogP contribution in [0.3, 0.4) is 0 Å². The Hall–Kier alpha value is -1.41. The van der Waals surface area contributed by atoms with Gasteiger partial charge in [-0.15, -0.1) is 12.4 Å². The Morgan fingerprint density at radius 2 is 2.13 bits per heavy atom. The molecule has 0 radical (unpaired) electrons. The molecule has 1 aromatic rings. The van der Waals surface area contributed by atoms with Gasteiger partial charge in [-0.25, -0.2) is 4.39 Å². The number of aliphatic hydroxyl groups excluding tert-OH is 1. The second-order valence-electron chi connectivity index (χ2n) is 5.25. The molecule has 130 valence electrons. The van der Waals surface area contributed by atoms with Gasteiger partial charge in [0, 0.05) is 32.2 Å². The Balaban J connectivity index is 0.00000264. The van der Waals surface area contributed by atoms with Crippen molar-refractivity contribution in [2.24, 2.45) is 5.73 Å². The predicted octanol–water partition coefficient (Wildman–Crippen LogP) is 0.757. The molecule has 0 bridgehead atoms. The average molecular weight is 348 g/mol. The monoisotopic (exact) mass is 347 g/mol. The lowest BCUT2D eigenvalue weighted by molar-refractivity contribution is -0.116. The van der Waals surface area contributed by atoms with Gasteiger partial charge < -0.3 is 25.4 Å². The molecule has 0 saturated carbocycles. The SMILES string of the molecule is CC(=O)N(C[C@@H](O)CN)c1ccc(N2CCOCC2)c(F)c1.Cl. The molecule has 1 amide bonds. The van der Waals surface area contributed by atoms with Crippen LogP contribution in [0.15, 0.2) is 18.2 Å². The highest BCUT2D eigenvalue weighted by atomic mass is 35.5. The van der Waals surface area contributed by atoms with Crippen molar-refractivity contribution < 1.29 is 19.0 Å². The van der Waals surface area contributed by atoms with E-state index in [1.165, 1.54) is 17.9 Å². The molecule has 1 heterocycles. The number of benzene rings is 1. The van der Waals surface area contributed by atoms with Crippen molar-refractivity contribution in [3.05, 3.63) is 24.0 Å². The molecule has 0 aliphatic carbocycles. The zero-order chi connectivity index (χ0) is 16.1. The first-order chi connectivity index (χ1) is 10.5. The number of halogens is 2. The van der Waals surface area contributed by atoms with Crippen LogP contribution in [0.5, 0.6) is 0 Å². The summed E-state index contributed by atoms with van der Waals surface area (Å²) in [4.78, 5) is 15.0. The van der Waals surface area contributed by atoms with Crippen LogP contribution in [0.4, 0.5) is 15.8 Å². The highest BCUT2D eigenvalue weighted by molar-refractivity contribution is 5.91. The van der Waals surface area contributed by atoms with Crippen LogP contribution in [-0.4, -0.2) is 56.5 Å². The van der Waals surface area contributed by atoms with E-state index in [0.717, 1.165) is 0 Å². The molecule has 0 unspecified atom stereocenters. The third kappa shape index (κ3) is 5.04. The van der Waals surface area contributed by atoms with E-state index in [-0.39, 0.29) is 31.4 Å². The van der Waals surface area contributed by atoms with Gasteiger partial charge >= 0.3 is 0 Å². The number of rotatable bonds is 5. The van der Waals surface area contributed by atoms with Crippen LogP contribution in [0.25, 0.3) is 0 Å². The third-order valence-corrected chi connectivity index (χ3v) is 3.64. The van der Waals surface area contributed by atoms with Gasteiger partial charge in [0.2, 0.25) is 5.91 Å². The quantitative estimate of drug-likeness (QED) is 0.822. The first kappa shape index (κ1) is 19.6. The van der Waals surface area contributed by atoms with Crippen LogP contribution >= 0.6 is 12.4 Å². The van der Waals surface area contributed by atoms with E-state index >= 15 is 0 Å². The molecule has 0 aromatic heterocycles. The summed E-state index contributed by atoms with van der Waals surface area (Å²) in [6.45, 7) is 3.88. The molecule has 23 heavy (non-hydrogen) atoms. The number of ether oxygens (including phenoxy) is 1. The maximum absolute atomic E-state index is 14.4. The predicted molar refractivity (Wildman–Crippen MR) is 89.8 cm³/mol. The van der Waals surface area contributed by atoms with Crippen LogP contribution < -0.4 is 15.5 Å². The first-order valence-electron chi connectivity index (χ1n) is 7.31. The molecule has 1 atom stereocenters. The van der Waals surface area contributed by atoms with E-state index in [1.54, 1.807) is 12.1 Å². The number of nitrogens with two attached hydrogens (primary N) is 1. The molecule has 2 rings (SSSR count). The van der Waals surface area contributed by atoms with E-state index in [2.05, 4.69) is 0 Å². The minimum atomic E-state index is -0.842. The summed E-state index contributed by atoms with van der Waals surface area (Å²) in [5.74, 6) is -0.668. The lowest BCUT2D eigenvalue weighted by Crippen LogP contribution is -2.39. The number of morpholine rings is 1. The molecule has 1 aromatic carbocycles. The fourth-order valence-electron chi connectivity index (χ4n) is 2.43. The minimum Gasteiger partial charge on any atom is -0.390 e. The van der Waals surface area contributed by atoms with Crippen molar-refractivity contribution in [2.75, 3.05) is 49.2 Å². The van der Waals surface area contributed by atoms with Gasteiger partial charge in [0.05, 0.1) is 31.5 Å². The number of hydrogen-bond acceptors (Lipinski definition) is 5. The maximum Gasteiger partial charge on any atom is 0.223 e. The smallest absolute Gasteiger partial charge is 0.223 e. The number of nitrogens with zero attached hydrogens (tertiary/aromatic N) is 2. The van der Waals surface area contributed by atoms with Gasteiger partial charge in [0.15, 0.2) is 0 Å². The number of carbonyl (C=O) groups is 1. The van der Waals surface area contributed by atoms with E-state index in [1.807, 2.05) is 4.90 Å². The summed E-state index contributed by atoms with van der Waals surface area (Å²) in [7, 11) is 0. The topological polar surface area (TPSA) is 79.0 Å². The number of carbonyl (C=O) groups excluding carboxylic acids is 1. The summed E-state index contributed by atoms with van der Waals surface area (Å²) < 4.78 is 19.6. The highest BCUT2D eigenvalue weighted by Gasteiger charge is 2.19. The molecule has 1 aliphatic rings. The van der Waals surface area contributed by atoms with Crippen molar-refractivity contribution in [2.45, 2.75) is 13.0 Å². The van der Waals surface area contributed by atoms with E-state index in [9.17, 15) is 14.3 Å². The molecular formula is C15H23ClFN3O3. The fraction of sp³-hybridized carbons (Fsp3) is 0.533. The largest absolute Gasteiger partial charge is 0.390 e. The Morgan fingerprint density at radius 3 is 2.65 bits per heavy atom. The molecule has 3 N–H and O–H groups in total. The molecule has 8 heteroatoms. The summed E-state index contributed by atoms with van der Waals surface area (Å²) in [5, 5.41) is 9.63. The number of hydrogen-bond donors (Lipinski definition) is 2. The van der Waals surface area contributed by atoms with Gasteiger partial charge in [-0.05, 0) is 18.2 Å². The first-order valence-corrected chi connectivity index (χ1v) is 7.31. The molecule has 1 saturated heterocycles. The van der Waals surface area contributed by atoms with Crippen LogP contribution in [-0.2, 0) is 9.53 Å². The Kier molecular flexibility index (Phi) is 7.70. The summed E-state index contributed by atoms with van der Waals surface area (Å²) in [5.41, 5.74) is 6.28. The van der Waals surface area contributed by atoms with Crippen molar-refractivity contribution in [3.8, 4) is 0 Å². The zero-order valence-electron chi connectivity index (χ0n) is 13.1. The fourth-order valence-corrected chi connectivity index (χ4v) is 2.43. The van der Waals surface area contributed by atoms with Crippen molar-refractivity contribution in [3.63, 3.8) is 0 Å². The molecule has 1 fully saturated rings. The number of aliphatic hydroxyl groups is 1. The van der Waals surface area contributed by atoms with Crippen LogP contribution in [0.1, 0.15) is 6.92 Å². The van der Waals surface area contributed by atoms with Gasteiger partial charge in [-0.1, -0.05) is 0 Å². The zero-order valence-corrected chi connectivity index (χ0v) is 13.9. The lowest BCUT2D eigenvalue weighted by atomic mass is 10.2. The van der Waals surface area contributed by atoms with E-state index in [0.29, 0.717) is 37.7 Å². The van der Waals surface area contributed by atoms with Crippen molar-refractivity contribution in [1.82, 2.24) is 0 Å².